The maximum atomic E-state index is 11.4. The molecule has 0 spiro atoms. The van der Waals surface area contributed by atoms with E-state index in [-0.39, 0.29) is 0 Å². The highest BCUT2D eigenvalue weighted by Crippen LogP contribution is 2.31. The summed E-state index contributed by atoms with van der Waals surface area (Å²) < 4.78 is 22.8. The zero-order valence-electron chi connectivity index (χ0n) is 11.0. The molecule has 0 radical (unpaired) electrons. The van der Waals surface area contributed by atoms with Crippen LogP contribution in [0.25, 0.3) is 0 Å². The molecule has 102 valence electrons. The molecule has 1 saturated carbocycles. The number of benzene rings is 1. The monoisotopic (exact) mass is 278 g/mol. The quantitative estimate of drug-likeness (QED) is 0.923. The number of hydrogen-bond acceptors (Lipinski definition) is 4. The van der Waals surface area contributed by atoms with Gasteiger partial charge in [-0.15, -0.1) is 0 Å². The first-order chi connectivity index (χ1) is 8.95. The Hall–Kier alpha value is -1.54. The van der Waals surface area contributed by atoms with Gasteiger partial charge in [-0.25, -0.2) is 8.42 Å². The van der Waals surface area contributed by atoms with E-state index in [0.29, 0.717) is 4.90 Å². The van der Waals surface area contributed by atoms with E-state index in [1.165, 1.54) is 12.7 Å². The summed E-state index contributed by atoms with van der Waals surface area (Å²) in [4.78, 5) is 0.299. The number of hydrogen-bond donors (Lipinski definition) is 1. The lowest BCUT2D eigenvalue weighted by Crippen LogP contribution is -2.38. The topological polar surface area (TPSA) is 70.0 Å². The van der Waals surface area contributed by atoms with Crippen LogP contribution in [0.4, 0.5) is 5.69 Å². The lowest BCUT2D eigenvalue weighted by atomic mass is 9.82. The van der Waals surface area contributed by atoms with Crippen LogP contribution in [0.2, 0.25) is 0 Å². The average Bonchev–Trinajstić information content (AvgIpc) is 2.39. The lowest BCUT2D eigenvalue weighted by Gasteiger charge is -2.32. The molecule has 1 aliphatic rings. The first-order valence-corrected chi connectivity index (χ1v) is 8.34. The second-order valence-corrected chi connectivity index (χ2v) is 7.19. The molecule has 1 aromatic carbocycles. The van der Waals surface area contributed by atoms with Crippen LogP contribution in [0.3, 0.4) is 0 Å². The van der Waals surface area contributed by atoms with E-state index >= 15 is 0 Å². The number of nitriles is 1. The normalized spacial score (nSPS) is 18.5. The predicted octanol–water partition coefficient (Wildman–Crippen LogP) is 2.73. The van der Waals surface area contributed by atoms with Gasteiger partial charge in [0.15, 0.2) is 9.84 Å². The van der Waals surface area contributed by atoms with Crippen molar-refractivity contribution >= 4 is 15.5 Å². The van der Waals surface area contributed by atoms with Gasteiger partial charge in [-0.05, 0) is 37.1 Å². The molecule has 0 unspecified atom stereocenters. The van der Waals surface area contributed by atoms with Crippen molar-refractivity contribution in [2.45, 2.75) is 42.5 Å². The molecule has 1 aromatic rings. The van der Waals surface area contributed by atoms with E-state index in [1.54, 1.807) is 24.3 Å². The van der Waals surface area contributed by atoms with Crippen molar-refractivity contribution in [1.29, 1.82) is 5.26 Å². The van der Waals surface area contributed by atoms with Crippen LogP contribution < -0.4 is 5.32 Å². The number of rotatable bonds is 3. The minimum Gasteiger partial charge on any atom is -0.367 e. The molecular formula is C14H18N2O2S. The molecular weight excluding hydrogens is 260 g/mol. The summed E-state index contributed by atoms with van der Waals surface area (Å²) in [5.41, 5.74) is 0.307. The Morgan fingerprint density at radius 1 is 1.16 bits per heavy atom. The fraction of sp³-hybridized carbons (Fsp3) is 0.500. The van der Waals surface area contributed by atoms with Gasteiger partial charge in [0, 0.05) is 11.9 Å². The highest BCUT2D eigenvalue weighted by atomic mass is 32.2. The average molecular weight is 278 g/mol. The van der Waals surface area contributed by atoms with E-state index in [1.807, 2.05) is 0 Å². The summed E-state index contributed by atoms with van der Waals surface area (Å²) in [7, 11) is -3.17. The van der Waals surface area contributed by atoms with Crippen molar-refractivity contribution in [3.63, 3.8) is 0 Å². The zero-order valence-corrected chi connectivity index (χ0v) is 11.8. The van der Waals surface area contributed by atoms with Gasteiger partial charge in [-0.3, -0.25) is 0 Å². The number of sulfone groups is 1. The first kappa shape index (κ1) is 13.9. The van der Waals surface area contributed by atoms with Crippen molar-refractivity contribution in [1.82, 2.24) is 0 Å². The summed E-state index contributed by atoms with van der Waals surface area (Å²) in [6, 6.07) is 8.98. The molecule has 1 N–H and O–H groups in total. The second-order valence-electron chi connectivity index (χ2n) is 5.18. The van der Waals surface area contributed by atoms with Gasteiger partial charge in [0.25, 0.3) is 0 Å². The maximum Gasteiger partial charge on any atom is 0.175 e. The minimum absolute atomic E-state index is 0.299. The zero-order chi connectivity index (χ0) is 13.9. The van der Waals surface area contributed by atoms with E-state index in [4.69, 9.17) is 0 Å². The molecule has 19 heavy (non-hydrogen) atoms. The van der Waals surface area contributed by atoms with Crippen molar-refractivity contribution < 1.29 is 8.42 Å². The molecule has 0 aromatic heterocycles. The largest absolute Gasteiger partial charge is 0.367 e. The Kier molecular flexibility index (Phi) is 3.81. The third kappa shape index (κ3) is 3.27. The fourth-order valence-electron chi connectivity index (χ4n) is 2.48. The predicted molar refractivity (Wildman–Crippen MR) is 74.6 cm³/mol. The van der Waals surface area contributed by atoms with Crippen LogP contribution >= 0.6 is 0 Å². The minimum atomic E-state index is -3.17. The van der Waals surface area contributed by atoms with Crippen molar-refractivity contribution in [2.24, 2.45) is 0 Å². The highest BCUT2D eigenvalue weighted by molar-refractivity contribution is 7.90. The van der Waals surface area contributed by atoms with Crippen LogP contribution in [-0.2, 0) is 9.84 Å². The Morgan fingerprint density at radius 2 is 1.74 bits per heavy atom. The van der Waals surface area contributed by atoms with E-state index in [2.05, 4.69) is 11.4 Å². The molecule has 2 rings (SSSR count). The molecule has 0 bridgehead atoms. The Morgan fingerprint density at radius 3 is 2.21 bits per heavy atom. The molecule has 1 fully saturated rings. The van der Waals surface area contributed by atoms with Gasteiger partial charge >= 0.3 is 0 Å². The second kappa shape index (κ2) is 5.22. The summed E-state index contributed by atoms with van der Waals surface area (Å²) in [6.45, 7) is 0. The molecule has 5 heteroatoms. The summed E-state index contributed by atoms with van der Waals surface area (Å²) in [6.07, 6.45) is 6.17. The van der Waals surface area contributed by atoms with Gasteiger partial charge < -0.3 is 5.32 Å². The molecule has 0 amide bonds. The summed E-state index contributed by atoms with van der Waals surface area (Å²) >= 11 is 0. The summed E-state index contributed by atoms with van der Waals surface area (Å²) in [5, 5.41) is 12.6. The molecule has 0 aliphatic heterocycles. The van der Waals surface area contributed by atoms with E-state index in [9.17, 15) is 13.7 Å². The van der Waals surface area contributed by atoms with Crippen LogP contribution in [0.5, 0.6) is 0 Å². The van der Waals surface area contributed by atoms with E-state index in [0.717, 1.165) is 31.4 Å². The van der Waals surface area contributed by atoms with Crippen molar-refractivity contribution in [3.05, 3.63) is 24.3 Å². The SMILES string of the molecule is CS(=O)(=O)c1ccc(NC2(C#N)CCCCC2)cc1. The summed E-state index contributed by atoms with van der Waals surface area (Å²) in [5.74, 6) is 0. The van der Waals surface area contributed by atoms with Crippen LogP contribution in [0.1, 0.15) is 32.1 Å². The molecule has 0 atom stereocenters. The molecule has 0 heterocycles. The standard InChI is InChI=1S/C14H18N2O2S/c1-19(17,18)13-7-5-12(6-8-13)16-14(11-15)9-3-2-4-10-14/h5-8,16H,2-4,9-10H2,1H3. The van der Waals surface area contributed by atoms with Crippen LogP contribution in [0.15, 0.2) is 29.2 Å². The first-order valence-electron chi connectivity index (χ1n) is 6.45. The lowest BCUT2D eigenvalue weighted by molar-refractivity contribution is 0.392. The number of nitrogens with one attached hydrogen (secondary N) is 1. The Labute approximate surface area is 114 Å². The smallest absolute Gasteiger partial charge is 0.175 e. The Bertz CT molecular complexity index is 579. The van der Waals surface area contributed by atoms with Gasteiger partial charge in [0.05, 0.1) is 11.0 Å². The van der Waals surface area contributed by atoms with Crippen LogP contribution in [0, 0.1) is 11.3 Å². The van der Waals surface area contributed by atoms with Gasteiger partial charge in [0.2, 0.25) is 0 Å². The third-order valence-corrected chi connectivity index (χ3v) is 4.72. The van der Waals surface area contributed by atoms with Gasteiger partial charge in [-0.1, -0.05) is 19.3 Å². The van der Waals surface area contributed by atoms with Crippen molar-refractivity contribution in [3.8, 4) is 6.07 Å². The van der Waals surface area contributed by atoms with Crippen molar-refractivity contribution in [2.75, 3.05) is 11.6 Å². The molecule has 4 nitrogen and oxygen atoms in total. The van der Waals surface area contributed by atoms with Gasteiger partial charge in [-0.2, -0.15) is 5.26 Å². The van der Waals surface area contributed by atoms with Gasteiger partial charge in [0.1, 0.15) is 5.54 Å². The third-order valence-electron chi connectivity index (χ3n) is 3.59. The van der Waals surface area contributed by atoms with Crippen LogP contribution in [-0.4, -0.2) is 20.2 Å². The maximum absolute atomic E-state index is 11.4. The molecule has 1 aliphatic carbocycles. The highest BCUT2D eigenvalue weighted by Gasteiger charge is 2.31. The van der Waals surface area contributed by atoms with E-state index < -0.39 is 15.4 Å². The fourth-order valence-corrected chi connectivity index (χ4v) is 3.11. The number of anilines is 1. The Balaban J connectivity index is 2.17. The number of nitrogens with zero attached hydrogens (tertiary/aromatic N) is 1. The molecule has 0 saturated heterocycles.